The van der Waals surface area contributed by atoms with E-state index in [0.717, 1.165) is 18.9 Å². The third-order valence-electron chi connectivity index (χ3n) is 5.71. The van der Waals surface area contributed by atoms with Crippen molar-refractivity contribution in [2.75, 3.05) is 16.8 Å². The summed E-state index contributed by atoms with van der Waals surface area (Å²) in [7, 11) is 0. The Morgan fingerprint density at radius 3 is 2.60 bits per heavy atom. The molecule has 9 nitrogen and oxygen atoms in total. The number of halogens is 3. The summed E-state index contributed by atoms with van der Waals surface area (Å²) in [5.41, 5.74) is 11.6. The van der Waals surface area contributed by atoms with Crippen LogP contribution in [0.15, 0.2) is 41.2 Å². The lowest BCUT2D eigenvalue weighted by molar-refractivity contribution is 0.601. The Balaban J connectivity index is 1.79. The number of nitriles is 1. The number of nitrogen functional groups attached to an aromatic ring is 2. The quantitative estimate of drug-likeness (QED) is 0.300. The molecule has 0 bridgehead atoms. The summed E-state index contributed by atoms with van der Waals surface area (Å²) in [4.78, 5) is 26.4. The molecule has 2 heterocycles. The molecule has 1 fully saturated rings. The lowest BCUT2D eigenvalue weighted by Crippen LogP contribution is -2.30. The number of rotatable bonds is 5. The average Bonchev–Trinajstić information content (AvgIpc) is 3.63. The fourth-order valence-corrected chi connectivity index (χ4v) is 4.69. The number of hydrogen-bond acceptors (Lipinski definition) is 8. The van der Waals surface area contributed by atoms with E-state index in [-0.39, 0.29) is 46.0 Å². The Morgan fingerprint density at radius 1 is 1.14 bits per heavy atom. The summed E-state index contributed by atoms with van der Waals surface area (Å²) in [5, 5.41) is 12.8. The normalized spacial score (nSPS) is 14.0. The highest BCUT2D eigenvalue weighted by atomic mass is 127. The first-order valence-corrected chi connectivity index (χ1v) is 11.6. The number of hydrogen-bond donors (Lipinski definition) is 3. The van der Waals surface area contributed by atoms with Crippen LogP contribution in [-0.2, 0) is 0 Å². The van der Waals surface area contributed by atoms with Crippen LogP contribution >= 0.6 is 22.6 Å². The molecule has 1 aliphatic carbocycles. The highest BCUT2D eigenvalue weighted by Crippen LogP contribution is 2.43. The van der Waals surface area contributed by atoms with Gasteiger partial charge in [-0.25, -0.2) is 13.8 Å². The van der Waals surface area contributed by atoms with Crippen molar-refractivity contribution in [1.29, 1.82) is 5.26 Å². The molecule has 1 atom stereocenters. The smallest absolute Gasteiger partial charge is 0.266 e. The maximum Gasteiger partial charge on any atom is 0.266 e. The van der Waals surface area contributed by atoms with Gasteiger partial charge in [-0.2, -0.15) is 15.2 Å². The maximum absolute atomic E-state index is 14.2. The van der Waals surface area contributed by atoms with Gasteiger partial charge < -0.3 is 16.8 Å². The number of nitrogens with one attached hydrogen (secondary N) is 1. The molecule has 12 heteroatoms. The minimum atomic E-state index is -0.614. The molecule has 0 radical (unpaired) electrons. The molecule has 0 aliphatic heterocycles. The minimum absolute atomic E-state index is 0.00180. The maximum atomic E-state index is 14.2. The Labute approximate surface area is 211 Å². The summed E-state index contributed by atoms with van der Waals surface area (Å²) < 4.78 is 30.1. The molecule has 5 N–H and O–H groups in total. The van der Waals surface area contributed by atoms with E-state index in [1.165, 1.54) is 28.8 Å². The van der Waals surface area contributed by atoms with Gasteiger partial charge in [0.15, 0.2) is 5.82 Å². The van der Waals surface area contributed by atoms with Gasteiger partial charge in [-0.05, 0) is 71.7 Å². The zero-order chi connectivity index (χ0) is 24.9. The molecule has 35 heavy (non-hydrogen) atoms. The Kier molecular flexibility index (Phi) is 5.72. The number of benzene rings is 2. The van der Waals surface area contributed by atoms with Crippen LogP contribution in [-0.4, -0.2) is 19.5 Å². The van der Waals surface area contributed by atoms with Crippen molar-refractivity contribution in [2.45, 2.75) is 18.9 Å². The van der Waals surface area contributed by atoms with Crippen LogP contribution in [0.4, 0.5) is 26.4 Å². The summed E-state index contributed by atoms with van der Waals surface area (Å²) in [6, 6.07) is 9.25. The second-order valence-corrected chi connectivity index (χ2v) is 9.30. The number of nitrogens with two attached hydrogens (primary N) is 2. The van der Waals surface area contributed by atoms with Crippen molar-refractivity contribution in [3.63, 3.8) is 0 Å². The molecule has 4 aromatic rings. The van der Waals surface area contributed by atoms with Gasteiger partial charge in [0.25, 0.3) is 5.56 Å². The molecule has 1 aliphatic rings. The van der Waals surface area contributed by atoms with Crippen molar-refractivity contribution in [3.05, 3.63) is 73.3 Å². The van der Waals surface area contributed by atoms with Crippen LogP contribution in [0.2, 0.25) is 0 Å². The lowest BCUT2D eigenvalue weighted by Gasteiger charge is -2.24. The van der Waals surface area contributed by atoms with Crippen LogP contribution in [0.1, 0.15) is 30.3 Å². The van der Waals surface area contributed by atoms with E-state index < -0.39 is 23.2 Å². The van der Waals surface area contributed by atoms with Crippen molar-refractivity contribution in [2.24, 2.45) is 5.92 Å². The van der Waals surface area contributed by atoms with Crippen molar-refractivity contribution < 1.29 is 8.78 Å². The van der Waals surface area contributed by atoms with Crippen LogP contribution < -0.4 is 22.3 Å². The predicted octanol–water partition coefficient (Wildman–Crippen LogP) is 3.66. The molecule has 0 spiro atoms. The minimum Gasteiger partial charge on any atom is -0.382 e. The highest BCUT2D eigenvalue weighted by molar-refractivity contribution is 14.1. The highest BCUT2D eigenvalue weighted by Gasteiger charge is 2.37. The largest absolute Gasteiger partial charge is 0.382 e. The van der Waals surface area contributed by atoms with Crippen LogP contribution in [0.3, 0.4) is 0 Å². The SMILES string of the molecule is N#Cc1c(N)nc(N)nc1N[C@H](c1nc2c(I)cc(F)cc2c(=O)n1-c1cccc(F)c1)C1CC1. The van der Waals surface area contributed by atoms with Gasteiger partial charge in [0.2, 0.25) is 5.95 Å². The fraction of sp³-hybridized carbons (Fsp3) is 0.174. The van der Waals surface area contributed by atoms with Crippen LogP contribution in [0.25, 0.3) is 16.6 Å². The molecule has 0 amide bonds. The molecular formula is C23H17F2IN8O. The second kappa shape index (κ2) is 8.73. The number of nitrogens with zero attached hydrogens (tertiary/aromatic N) is 5. The molecular weight excluding hydrogens is 569 g/mol. The third-order valence-corrected chi connectivity index (χ3v) is 6.54. The van der Waals surface area contributed by atoms with Gasteiger partial charge in [0.1, 0.15) is 34.9 Å². The molecule has 2 aromatic carbocycles. The van der Waals surface area contributed by atoms with Gasteiger partial charge in [-0.1, -0.05) is 6.07 Å². The van der Waals surface area contributed by atoms with E-state index in [1.54, 1.807) is 6.07 Å². The monoisotopic (exact) mass is 586 g/mol. The van der Waals surface area contributed by atoms with Crippen molar-refractivity contribution in [1.82, 2.24) is 19.5 Å². The summed E-state index contributed by atoms with van der Waals surface area (Å²) in [6.07, 6.45) is 1.63. The van der Waals surface area contributed by atoms with Crippen molar-refractivity contribution in [3.8, 4) is 11.8 Å². The number of fused-ring (bicyclic) bond motifs is 1. The third kappa shape index (κ3) is 4.23. The first-order valence-electron chi connectivity index (χ1n) is 10.5. The van der Waals surface area contributed by atoms with Gasteiger partial charge in [0, 0.05) is 3.57 Å². The Hall–Kier alpha value is -3.86. The second-order valence-electron chi connectivity index (χ2n) is 8.14. The van der Waals surface area contributed by atoms with E-state index in [0.29, 0.717) is 9.09 Å². The van der Waals surface area contributed by atoms with Crippen LogP contribution in [0, 0.1) is 32.5 Å². The average molecular weight is 586 g/mol. The molecule has 2 aromatic heterocycles. The van der Waals surface area contributed by atoms with E-state index in [2.05, 4.69) is 15.3 Å². The molecule has 1 saturated carbocycles. The zero-order valence-electron chi connectivity index (χ0n) is 18.0. The number of anilines is 3. The van der Waals surface area contributed by atoms with Crippen LogP contribution in [0.5, 0.6) is 0 Å². The van der Waals surface area contributed by atoms with Gasteiger partial charge in [0.05, 0.1) is 22.6 Å². The summed E-state index contributed by atoms with van der Waals surface area (Å²) in [6.45, 7) is 0. The van der Waals surface area contributed by atoms with Gasteiger partial charge >= 0.3 is 0 Å². The fourth-order valence-electron chi connectivity index (χ4n) is 3.99. The number of aromatic nitrogens is 4. The predicted molar refractivity (Wildman–Crippen MR) is 135 cm³/mol. The first kappa shape index (κ1) is 22.9. The van der Waals surface area contributed by atoms with E-state index >= 15 is 0 Å². The van der Waals surface area contributed by atoms with E-state index in [4.69, 9.17) is 16.5 Å². The Morgan fingerprint density at radius 2 is 1.91 bits per heavy atom. The molecule has 176 valence electrons. The van der Waals surface area contributed by atoms with Crippen molar-refractivity contribution >= 4 is 51.1 Å². The molecule has 0 unspecified atom stereocenters. The standard InChI is InChI=1S/C23H17F2IN8O/c24-11-2-1-3-13(6-11)34-21(31-18-14(22(34)35)7-12(25)8-16(18)26)17(10-4-5-10)30-20-15(9-27)19(28)32-23(29)33-20/h1-3,6-8,10,17H,4-5H2,(H5,28,29,30,32,33)/t17-/m0/s1. The van der Waals surface area contributed by atoms with Gasteiger partial charge in [-0.3, -0.25) is 9.36 Å². The van der Waals surface area contributed by atoms with E-state index in [1.807, 2.05) is 28.7 Å². The topological polar surface area (TPSA) is 149 Å². The Bertz CT molecular complexity index is 1600. The summed E-state index contributed by atoms with van der Waals surface area (Å²) in [5.74, 6) is -0.951. The van der Waals surface area contributed by atoms with Gasteiger partial charge in [-0.15, -0.1) is 0 Å². The zero-order valence-corrected chi connectivity index (χ0v) is 20.1. The summed E-state index contributed by atoms with van der Waals surface area (Å²) >= 11 is 1.92. The first-order chi connectivity index (χ1) is 16.8. The molecule has 0 saturated heterocycles. The lowest BCUT2D eigenvalue weighted by atomic mass is 10.1. The van der Waals surface area contributed by atoms with E-state index in [9.17, 15) is 18.8 Å². The molecule has 5 rings (SSSR count).